The number of hydrogen-bond donors (Lipinski definition) is 0. The van der Waals surface area contributed by atoms with Gasteiger partial charge in [0.05, 0.1) is 22.3 Å². The van der Waals surface area contributed by atoms with Gasteiger partial charge in [-0.05, 0) is 25.7 Å². The lowest BCUT2D eigenvalue weighted by Crippen LogP contribution is -2.45. The molecular weight excluding hydrogens is 264 g/mol. The molecule has 2 saturated heterocycles. The normalized spacial score (nSPS) is 33.0. The van der Waals surface area contributed by atoms with Crippen LogP contribution in [0.3, 0.4) is 0 Å². The van der Waals surface area contributed by atoms with Crippen molar-refractivity contribution in [3.8, 4) is 0 Å². The van der Waals surface area contributed by atoms with Crippen molar-refractivity contribution in [3.05, 3.63) is 18.0 Å². The van der Waals surface area contributed by atoms with Crippen molar-refractivity contribution in [2.75, 3.05) is 0 Å². The zero-order valence-electron chi connectivity index (χ0n) is 10.9. The van der Waals surface area contributed by atoms with Crippen LogP contribution >= 0.6 is 0 Å². The summed E-state index contributed by atoms with van der Waals surface area (Å²) < 4.78 is 26.0. The quantitative estimate of drug-likeness (QED) is 0.768. The summed E-state index contributed by atoms with van der Waals surface area (Å²) in [6.45, 7) is 0. The molecule has 1 aromatic rings. The first-order valence-electron chi connectivity index (χ1n) is 6.74. The van der Waals surface area contributed by atoms with Crippen LogP contribution in [0.25, 0.3) is 0 Å². The molecule has 0 radical (unpaired) electrons. The van der Waals surface area contributed by atoms with Crippen LogP contribution in [0, 0.1) is 5.92 Å². The maximum Gasteiger partial charge on any atom is 0.169 e. The van der Waals surface area contributed by atoms with Crippen molar-refractivity contribution in [2.24, 2.45) is 13.0 Å². The molecular formula is C13H18N2O3S. The second kappa shape index (κ2) is 4.44. The molecule has 0 saturated carbocycles. The molecule has 0 spiro atoms. The van der Waals surface area contributed by atoms with Gasteiger partial charge in [-0.2, -0.15) is 5.10 Å². The maximum atomic E-state index is 12.4. The van der Waals surface area contributed by atoms with E-state index in [0.717, 1.165) is 19.3 Å². The molecule has 0 amide bonds. The highest BCUT2D eigenvalue weighted by molar-refractivity contribution is 7.92. The van der Waals surface area contributed by atoms with E-state index in [1.54, 1.807) is 24.1 Å². The summed E-state index contributed by atoms with van der Waals surface area (Å²) in [6, 6.07) is 0. The Morgan fingerprint density at radius 2 is 1.95 bits per heavy atom. The van der Waals surface area contributed by atoms with Crippen LogP contribution in [0.5, 0.6) is 0 Å². The highest BCUT2D eigenvalue weighted by Gasteiger charge is 2.46. The Morgan fingerprint density at radius 1 is 1.32 bits per heavy atom. The summed E-state index contributed by atoms with van der Waals surface area (Å²) >= 11 is 0. The monoisotopic (exact) mass is 282 g/mol. The van der Waals surface area contributed by atoms with Gasteiger partial charge >= 0.3 is 0 Å². The number of carbonyl (C=O) groups excluding carboxylic acids is 1. The van der Waals surface area contributed by atoms with Gasteiger partial charge in [-0.15, -0.1) is 0 Å². The number of nitrogens with zero attached hydrogens (tertiary/aromatic N) is 2. The first-order chi connectivity index (χ1) is 8.98. The lowest BCUT2D eigenvalue weighted by atomic mass is 9.85. The predicted molar refractivity (Wildman–Crippen MR) is 70.6 cm³/mol. The molecule has 2 aliphatic heterocycles. The Bertz CT molecular complexity index is 585. The zero-order chi connectivity index (χ0) is 13.6. The van der Waals surface area contributed by atoms with Crippen molar-refractivity contribution < 1.29 is 13.2 Å². The first-order valence-corrected chi connectivity index (χ1v) is 8.35. The van der Waals surface area contributed by atoms with Gasteiger partial charge in [0, 0.05) is 19.2 Å². The summed E-state index contributed by atoms with van der Waals surface area (Å²) in [5.41, 5.74) is 0.602. The van der Waals surface area contributed by atoms with Gasteiger partial charge < -0.3 is 0 Å². The van der Waals surface area contributed by atoms with Gasteiger partial charge in [0.15, 0.2) is 15.6 Å². The number of sulfone groups is 1. The summed E-state index contributed by atoms with van der Waals surface area (Å²) in [4.78, 5) is 12.4. The van der Waals surface area contributed by atoms with E-state index < -0.39 is 9.84 Å². The number of aromatic nitrogens is 2. The first kappa shape index (κ1) is 12.8. The molecule has 19 heavy (non-hydrogen) atoms. The molecule has 104 valence electrons. The number of ketones is 1. The van der Waals surface area contributed by atoms with E-state index in [1.807, 2.05) is 0 Å². The third kappa shape index (κ3) is 2.12. The van der Waals surface area contributed by atoms with Crippen LogP contribution in [0.2, 0.25) is 0 Å². The standard InChI is InChI=1S/C13H18N2O3S/c1-15-8-10(7-14-15)13(16)9-5-11-3-2-4-12(6-9)19(11,17)18/h7-9,11-12H,2-6H2,1H3. The van der Waals surface area contributed by atoms with Crippen LogP contribution < -0.4 is 0 Å². The van der Waals surface area contributed by atoms with Crippen LogP contribution in [-0.4, -0.2) is 34.5 Å². The largest absolute Gasteiger partial charge is 0.294 e. The molecule has 3 rings (SSSR count). The van der Waals surface area contributed by atoms with Gasteiger partial charge in [0.1, 0.15) is 0 Å². The molecule has 0 aromatic carbocycles. The minimum atomic E-state index is -2.98. The number of hydrogen-bond acceptors (Lipinski definition) is 4. The van der Waals surface area contributed by atoms with Crippen molar-refractivity contribution in [3.63, 3.8) is 0 Å². The molecule has 2 aliphatic rings. The van der Waals surface area contributed by atoms with Crippen LogP contribution in [0.4, 0.5) is 0 Å². The lowest BCUT2D eigenvalue weighted by molar-refractivity contribution is 0.0894. The Kier molecular flexibility index (Phi) is 3.00. The molecule has 0 aliphatic carbocycles. The topological polar surface area (TPSA) is 69.0 Å². The average Bonchev–Trinajstić information content (AvgIpc) is 2.73. The van der Waals surface area contributed by atoms with Gasteiger partial charge in [0.2, 0.25) is 0 Å². The SMILES string of the molecule is Cn1cc(C(=O)C2CC3CCCC(C2)S3(=O)=O)cn1. The second-order valence-electron chi connectivity index (χ2n) is 5.70. The molecule has 0 N–H and O–H groups in total. The average molecular weight is 282 g/mol. The summed E-state index contributed by atoms with van der Waals surface area (Å²) in [7, 11) is -1.21. The summed E-state index contributed by atoms with van der Waals surface area (Å²) in [6.07, 6.45) is 6.68. The van der Waals surface area contributed by atoms with E-state index in [9.17, 15) is 13.2 Å². The Morgan fingerprint density at radius 3 is 2.47 bits per heavy atom. The van der Waals surface area contributed by atoms with E-state index in [-0.39, 0.29) is 22.2 Å². The molecule has 6 heteroatoms. The zero-order valence-corrected chi connectivity index (χ0v) is 11.8. The second-order valence-corrected chi connectivity index (χ2v) is 8.21. The van der Waals surface area contributed by atoms with Gasteiger partial charge in [-0.1, -0.05) is 6.42 Å². The fourth-order valence-electron chi connectivity index (χ4n) is 3.41. The highest BCUT2D eigenvalue weighted by Crippen LogP contribution is 2.40. The fraction of sp³-hybridized carbons (Fsp3) is 0.692. The van der Waals surface area contributed by atoms with Gasteiger partial charge in [-0.3, -0.25) is 9.48 Å². The molecule has 3 heterocycles. The van der Waals surface area contributed by atoms with Crippen LogP contribution in [0.15, 0.2) is 12.4 Å². The van der Waals surface area contributed by atoms with Crippen molar-refractivity contribution in [2.45, 2.75) is 42.6 Å². The number of Topliss-reactive ketones (excluding diaryl/α,β-unsaturated/α-hetero) is 1. The molecule has 1 aromatic heterocycles. The third-order valence-corrected chi connectivity index (χ3v) is 7.15. The fourth-order valence-corrected chi connectivity index (χ4v) is 5.94. The van der Waals surface area contributed by atoms with Crippen LogP contribution in [0.1, 0.15) is 42.5 Å². The van der Waals surface area contributed by atoms with Gasteiger partial charge in [-0.25, -0.2) is 8.42 Å². The third-order valence-electron chi connectivity index (χ3n) is 4.44. The van der Waals surface area contributed by atoms with E-state index in [1.165, 1.54) is 0 Å². The van der Waals surface area contributed by atoms with Crippen molar-refractivity contribution >= 4 is 15.6 Å². The lowest BCUT2D eigenvalue weighted by Gasteiger charge is -2.37. The number of carbonyl (C=O) groups is 1. The molecule has 2 unspecified atom stereocenters. The molecule has 2 bridgehead atoms. The van der Waals surface area contributed by atoms with Crippen molar-refractivity contribution in [1.29, 1.82) is 0 Å². The van der Waals surface area contributed by atoms with E-state index in [4.69, 9.17) is 0 Å². The van der Waals surface area contributed by atoms with Crippen LogP contribution in [-0.2, 0) is 16.9 Å². The Labute approximate surface area is 112 Å². The maximum absolute atomic E-state index is 12.4. The summed E-state index contributed by atoms with van der Waals surface area (Å²) in [5.74, 6) is -0.0945. The summed E-state index contributed by atoms with van der Waals surface area (Å²) in [5, 5.41) is 3.41. The van der Waals surface area contributed by atoms with E-state index in [0.29, 0.717) is 18.4 Å². The predicted octanol–water partition coefficient (Wildman–Crippen LogP) is 1.35. The minimum Gasteiger partial charge on any atom is -0.294 e. The number of rotatable bonds is 2. The Hall–Kier alpha value is -1.17. The Balaban J connectivity index is 1.83. The molecule has 2 atom stereocenters. The van der Waals surface area contributed by atoms with Crippen molar-refractivity contribution in [1.82, 2.24) is 9.78 Å². The number of fused-ring (bicyclic) bond motifs is 2. The van der Waals surface area contributed by atoms with Gasteiger partial charge in [0.25, 0.3) is 0 Å². The molecule has 5 nitrogen and oxygen atoms in total. The molecule has 2 fully saturated rings. The smallest absolute Gasteiger partial charge is 0.169 e. The number of aryl methyl sites for hydroxylation is 1. The highest BCUT2D eigenvalue weighted by atomic mass is 32.2. The minimum absolute atomic E-state index is 0.0555. The van der Waals surface area contributed by atoms with E-state index >= 15 is 0 Å². The van der Waals surface area contributed by atoms with E-state index in [2.05, 4.69) is 5.10 Å².